The fourth-order valence-electron chi connectivity index (χ4n) is 4.16. The molecular weight excluding hydrogens is 502 g/mol. The van der Waals surface area contributed by atoms with E-state index in [9.17, 15) is 9.59 Å². The molecule has 0 saturated carbocycles. The van der Waals surface area contributed by atoms with Crippen LogP contribution in [0.15, 0.2) is 120 Å². The number of benzene rings is 4. The fraction of sp³-hybridized carbons (Fsp3) is 0.100. The quantitative estimate of drug-likeness (QED) is 0.168. The Balaban J connectivity index is 1.50. The molecule has 1 aliphatic rings. The van der Waals surface area contributed by atoms with Gasteiger partial charge in [0.15, 0.2) is 5.17 Å². The second-order valence-electron chi connectivity index (χ2n) is 8.50. The highest BCUT2D eigenvalue weighted by Crippen LogP contribution is 2.33. The van der Waals surface area contributed by atoms with E-state index in [1.807, 2.05) is 91.0 Å². The maximum Gasteiger partial charge on any atom is 0.247 e. The summed E-state index contributed by atoms with van der Waals surface area (Å²) in [6, 6.07) is 36.0. The topological polar surface area (TPSA) is 61.8 Å². The van der Waals surface area contributed by atoms with Crippen LogP contribution in [-0.2, 0) is 9.59 Å². The summed E-state index contributed by atoms with van der Waals surface area (Å²) < 4.78 is 0. The predicted octanol–water partition coefficient (Wildman–Crippen LogP) is 6.96. The van der Waals surface area contributed by atoms with Crippen LogP contribution >= 0.6 is 23.4 Å². The minimum atomic E-state index is -0.599. The number of carbonyl (C=O) groups excluding carboxylic acids is 2. The summed E-state index contributed by atoms with van der Waals surface area (Å²) in [7, 11) is 0. The molecule has 5 nitrogen and oxygen atoms in total. The van der Waals surface area contributed by atoms with Crippen LogP contribution in [0.25, 0.3) is 0 Å². The molecule has 5 rings (SSSR count). The van der Waals surface area contributed by atoms with Gasteiger partial charge in [0, 0.05) is 17.1 Å². The van der Waals surface area contributed by atoms with Gasteiger partial charge in [-0.25, -0.2) is 9.89 Å². The third-order valence-electron chi connectivity index (χ3n) is 5.95. The minimum absolute atomic E-state index is 0.0983. The minimum Gasteiger partial charge on any atom is -0.335 e. The van der Waals surface area contributed by atoms with Crippen molar-refractivity contribution < 1.29 is 9.59 Å². The molecule has 0 bridgehead atoms. The van der Waals surface area contributed by atoms with E-state index >= 15 is 0 Å². The summed E-state index contributed by atoms with van der Waals surface area (Å²) in [5.74, 6) is -0.468. The lowest BCUT2D eigenvalue weighted by atomic mass is 9.99. The molecule has 1 N–H and O–H groups in total. The van der Waals surface area contributed by atoms with Gasteiger partial charge >= 0.3 is 0 Å². The molecule has 0 spiro atoms. The van der Waals surface area contributed by atoms with Crippen LogP contribution in [0, 0.1) is 0 Å². The van der Waals surface area contributed by atoms with Crippen molar-refractivity contribution in [2.24, 2.45) is 4.99 Å². The van der Waals surface area contributed by atoms with Gasteiger partial charge in [0.1, 0.15) is 11.3 Å². The maximum atomic E-state index is 13.4. The molecule has 7 heteroatoms. The first kappa shape index (κ1) is 24.8. The second kappa shape index (κ2) is 11.5. The van der Waals surface area contributed by atoms with Crippen LogP contribution in [0.3, 0.4) is 0 Å². The normalized spacial score (nSPS) is 15.9. The van der Waals surface area contributed by atoms with E-state index in [4.69, 9.17) is 16.6 Å². The number of anilines is 2. The number of rotatable bonds is 6. The number of nitrogens with one attached hydrogen (secondary N) is 1. The molecule has 37 heavy (non-hydrogen) atoms. The highest BCUT2D eigenvalue weighted by Gasteiger charge is 2.41. The number of carbonyl (C=O) groups is 2. The monoisotopic (exact) mass is 525 g/mol. The Kier molecular flexibility index (Phi) is 7.68. The molecule has 0 unspecified atom stereocenters. The van der Waals surface area contributed by atoms with Gasteiger partial charge < -0.3 is 5.32 Å². The summed E-state index contributed by atoms with van der Waals surface area (Å²) in [6.07, 6.45) is 0.0983. The third-order valence-corrected chi connectivity index (χ3v) is 7.28. The number of imide groups is 1. The summed E-state index contributed by atoms with van der Waals surface area (Å²) in [5.41, 5.74) is 3.40. The zero-order valence-electron chi connectivity index (χ0n) is 19.8. The SMILES string of the molecule is O=C1C[C@@H](SC(=NC(c2ccccc2)c2ccccc2)Nc2ccc(Cl)cc2)C(=O)N1c1ccccc1. The standard InChI is InChI=1S/C30H24ClN3O2S/c31-23-16-18-24(19-17-23)32-30(33-28(21-10-4-1-5-11-21)22-12-6-2-7-13-22)37-26-20-27(35)34(29(26)36)25-14-8-3-9-15-25/h1-19,26,28H,20H2,(H,32,33)/t26-/m1/s1. The van der Waals surface area contributed by atoms with E-state index < -0.39 is 5.25 Å². The van der Waals surface area contributed by atoms with E-state index in [0.29, 0.717) is 15.9 Å². The van der Waals surface area contributed by atoms with Gasteiger partial charge in [-0.1, -0.05) is 102 Å². The van der Waals surface area contributed by atoms with Gasteiger partial charge in [-0.15, -0.1) is 0 Å². The van der Waals surface area contributed by atoms with Crippen LogP contribution in [0.5, 0.6) is 0 Å². The molecule has 184 valence electrons. The number of thioether (sulfide) groups is 1. The van der Waals surface area contributed by atoms with Crippen molar-refractivity contribution in [1.29, 1.82) is 0 Å². The lowest BCUT2D eigenvalue weighted by molar-refractivity contribution is -0.121. The Morgan fingerprint density at radius 3 is 1.92 bits per heavy atom. The molecule has 0 aliphatic carbocycles. The average molecular weight is 526 g/mol. The Morgan fingerprint density at radius 2 is 1.35 bits per heavy atom. The molecule has 0 radical (unpaired) electrons. The molecule has 1 aliphatic heterocycles. The highest BCUT2D eigenvalue weighted by molar-refractivity contribution is 8.15. The number of hydrogen-bond donors (Lipinski definition) is 1. The molecule has 2 amide bonds. The zero-order chi connectivity index (χ0) is 25.6. The summed E-state index contributed by atoms with van der Waals surface area (Å²) in [5, 5.41) is 3.93. The number of nitrogens with zero attached hydrogens (tertiary/aromatic N) is 2. The Morgan fingerprint density at radius 1 is 0.811 bits per heavy atom. The lowest BCUT2D eigenvalue weighted by Gasteiger charge is -2.19. The number of aliphatic imine (C=N–C) groups is 1. The van der Waals surface area contributed by atoms with E-state index in [1.54, 1.807) is 24.3 Å². The highest BCUT2D eigenvalue weighted by atomic mass is 35.5. The van der Waals surface area contributed by atoms with Crippen molar-refractivity contribution in [3.63, 3.8) is 0 Å². The lowest BCUT2D eigenvalue weighted by Crippen LogP contribution is -2.31. The van der Waals surface area contributed by atoms with Crippen molar-refractivity contribution >= 4 is 51.7 Å². The van der Waals surface area contributed by atoms with Crippen LogP contribution in [-0.4, -0.2) is 22.2 Å². The van der Waals surface area contributed by atoms with E-state index in [0.717, 1.165) is 16.8 Å². The Hall–Kier alpha value is -3.87. The first-order valence-electron chi connectivity index (χ1n) is 11.9. The molecule has 1 fully saturated rings. The van der Waals surface area contributed by atoms with Gasteiger partial charge in [-0.05, 0) is 47.5 Å². The van der Waals surface area contributed by atoms with Crippen LogP contribution in [0.2, 0.25) is 5.02 Å². The van der Waals surface area contributed by atoms with Crippen LogP contribution in [0.1, 0.15) is 23.6 Å². The predicted molar refractivity (Wildman–Crippen MR) is 152 cm³/mol. The van der Waals surface area contributed by atoms with Crippen molar-refractivity contribution in [2.75, 3.05) is 10.2 Å². The van der Waals surface area contributed by atoms with Crippen LogP contribution < -0.4 is 10.2 Å². The van der Waals surface area contributed by atoms with Gasteiger partial charge in [-0.2, -0.15) is 0 Å². The van der Waals surface area contributed by atoms with Gasteiger partial charge in [-0.3, -0.25) is 9.59 Å². The number of halogens is 1. The number of para-hydroxylation sites is 1. The smallest absolute Gasteiger partial charge is 0.247 e. The first-order valence-corrected chi connectivity index (χ1v) is 13.1. The number of hydrogen-bond acceptors (Lipinski definition) is 4. The van der Waals surface area contributed by atoms with Crippen molar-refractivity contribution in [3.05, 3.63) is 131 Å². The van der Waals surface area contributed by atoms with E-state index in [2.05, 4.69) is 5.32 Å². The largest absolute Gasteiger partial charge is 0.335 e. The molecule has 4 aromatic rings. The molecule has 1 saturated heterocycles. The average Bonchev–Trinajstić information content (AvgIpc) is 3.22. The Labute approximate surface area is 225 Å². The molecule has 0 aromatic heterocycles. The summed E-state index contributed by atoms with van der Waals surface area (Å²) in [4.78, 5) is 32.6. The van der Waals surface area contributed by atoms with E-state index in [1.165, 1.54) is 16.7 Å². The first-order chi connectivity index (χ1) is 18.1. The van der Waals surface area contributed by atoms with Gasteiger partial charge in [0.2, 0.25) is 11.8 Å². The van der Waals surface area contributed by atoms with Crippen LogP contribution in [0.4, 0.5) is 11.4 Å². The molecule has 1 heterocycles. The molecule has 4 aromatic carbocycles. The second-order valence-corrected chi connectivity index (χ2v) is 10.1. The fourth-order valence-corrected chi connectivity index (χ4v) is 5.33. The maximum absolute atomic E-state index is 13.4. The Bertz CT molecular complexity index is 1360. The zero-order valence-corrected chi connectivity index (χ0v) is 21.4. The van der Waals surface area contributed by atoms with Crippen molar-refractivity contribution in [3.8, 4) is 0 Å². The molecular formula is C30H24ClN3O2S. The van der Waals surface area contributed by atoms with Gasteiger partial charge in [0.25, 0.3) is 0 Å². The van der Waals surface area contributed by atoms with Crippen molar-refractivity contribution in [2.45, 2.75) is 17.7 Å². The third kappa shape index (κ3) is 5.93. The summed E-state index contributed by atoms with van der Waals surface area (Å²) in [6.45, 7) is 0. The number of amides is 2. The van der Waals surface area contributed by atoms with Gasteiger partial charge in [0.05, 0.1) is 5.69 Å². The number of amidine groups is 1. The summed E-state index contributed by atoms with van der Waals surface area (Å²) >= 11 is 7.36. The van der Waals surface area contributed by atoms with E-state index in [-0.39, 0.29) is 24.3 Å². The molecule has 1 atom stereocenters. The van der Waals surface area contributed by atoms with Crippen molar-refractivity contribution in [1.82, 2.24) is 0 Å².